The molecule has 6 heteroatoms. The van der Waals surface area contributed by atoms with E-state index < -0.39 is 11.9 Å². The van der Waals surface area contributed by atoms with Crippen molar-refractivity contribution in [3.05, 3.63) is 41.2 Å². The van der Waals surface area contributed by atoms with Crippen LogP contribution < -0.4 is 5.32 Å². The summed E-state index contributed by atoms with van der Waals surface area (Å²) in [7, 11) is 0. The first-order chi connectivity index (χ1) is 11.1. The Hall–Kier alpha value is -2.63. The number of hydrogen-bond acceptors (Lipinski definition) is 4. The summed E-state index contributed by atoms with van der Waals surface area (Å²) in [6, 6.07) is 4.91. The van der Waals surface area contributed by atoms with Crippen molar-refractivity contribution in [2.75, 3.05) is 6.61 Å². The Morgan fingerprint density at radius 3 is 2.91 bits per heavy atom. The molecule has 3 amide bonds. The molecule has 1 aromatic carbocycles. The predicted molar refractivity (Wildman–Crippen MR) is 83.1 cm³/mol. The van der Waals surface area contributed by atoms with Gasteiger partial charge in [-0.3, -0.25) is 19.7 Å². The Morgan fingerprint density at radius 2 is 2.17 bits per heavy atom. The van der Waals surface area contributed by atoms with Crippen LogP contribution >= 0.6 is 0 Å². The Labute approximate surface area is 134 Å². The first kappa shape index (κ1) is 15.3. The van der Waals surface area contributed by atoms with Gasteiger partial charge in [-0.05, 0) is 36.6 Å². The molecule has 2 aliphatic rings. The van der Waals surface area contributed by atoms with Gasteiger partial charge in [-0.25, -0.2) is 0 Å². The molecular formula is C17H18N2O4. The molecule has 0 spiro atoms. The van der Waals surface area contributed by atoms with E-state index in [9.17, 15) is 14.4 Å². The summed E-state index contributed by atoms with van der Waals surface area (Å²) in [6.45, 7) is 2.84. The van der Waals surface area contributed by atoms with E-state index in [1.54, 1.807) is 17.2 Å². The average molecular weight is 314 g/mol. The molecule has 1 atom stereocenters. The number of ether oxygens (including phenoxy) is 1. The summed E-state index contributed by atoms with van der Waals surface area (Å²) in [5.74, 6) is -0.842. The van der Waals surface area contributed by atoms with Crippen LogP contribution in [0.15, 0.2) is 24.5 Å². The molecule has 1 saturated heterocycles. The van der Waals surface area contributed by atoms with Crippen molar-refractivity contribution in [2.24, 2.45) is 0 Å². The van der Waals surface area contributed by atoms with Crippen LogP contribution in [-0.4, -0.2) is 35.3 Å². The van der Waals surface area contributed by atoms with E-state index in [0.29, 0.717) is 25.1 Å². The molecule has 120 valence electrons. The van der Waals surface area contributed by atoms with Gasteiger partial charge in [0.2, 0.25) is 11.8 Å². The quantitative estimate of drug-likeness (QED) is 0.674. The predicted octanol–water partition coefficient (Wildman–Crippen LogP) is 1.45. The lowest BCUT2D eigenvalue weighted by Crippen LogP contribution is -2.52. The maximum atomic E-state index is 12.6. The van der Waals surface area contributed by atoms with Gasteiger partial charge in [0.15, 0.2) is 0 Å². The van der Waals surface area contributed by atoms with Crippen molar-refractivity contribution in [3.8, 4) is 0 Å². The number of nitrogens with one attached hydrogen (secondary N) is 1. The van der Waals surface area contributed by atoms with E-state index in [2.05, 4.69) is 5.32 Å². The Balaban J connectivity index is 1.85. The van der Waals surface area contributed by atoms with Gasteiger partial charge in [-0.15, -0.1) is 0 Å². The van der Waals surface area contributed by atoms with Crippen LogP contribution in [-0.2, 0) is 20.9 Å². The van der Waals surface area contributed by atoms with Crippen LogP contribution in [0.4, 0.5) is 0 Å². The maximum absolute atomic E-state index is 12.6. The minimum Gasteiger partial charge on any atom is -0.501 e. The molecule has 2 aliphatic heterocycles. The summed E-state index contributed by atoms with van der Waals surface area (Å²) in [6.07, 6.45) is 4.06. The fourth-order valence-corrected chi connectivity index (χ4v) is 2.98. The van der Waals surface area contributed by atoms with Crippen molar-refractivity contribution in [2.45, 2.75) is 32.4 Å². The van der Waals surface area contributed by atoms with Crippen molar-refractivity contribution < 1.29 is 19.1 Å². The van der Waals surface area contributed by atoms with Gasteiger partial charge in [-0.1, -0.05) is 12.1 Å². The molecule has 0 radical (unpaired) electrons. The third-order valence-electron chi connectivity index (χ3n) is 4.13. The van der Waals surface area contributed by atoms with Gasteiger partial charge in [-0.2, -0.15) is 0 Å². The fourth-order valence-electron chi connectivity index (χ4n) is 2.98. The van der Waals surface area contributed by atoms with Crippen molar-refractivity contribution >= 4 is 23.8 Å². The number of nitrogens with zero attached hydrogens (tertiary/aromatic N) is 1. The minimum absolute atomic E-state index is 0.166. The third kappa shape index (κ3) is 2.84. The number of hydrogen-bond donors (Lipinski definition) is 1. The van der Waals surface area contributed by atoms with Crippen LogP contribution in [0.5, 0.6) is 0 Å². The largest absolute Gasteiger partial charge is 0.501 e. The number of amides is 3. The van der Waals surface area contributed by atoms with Crippen molar-refractivity contribution in [1.29, 1.82) is 0 Å². The molecule has 0 saturated carbocycles. The molecule has 1 N–H and O–H groups in total. The zero-order valence-electron chi connectivity index (χ0n) is 12.9. The van der Waals surface area contributed by atoms with Crippen LogP contribution in [0.1, 0.15) is 41.3 Å². The lowest BCUT2D eigenvalue weighted by molar-refractivity contribution is -0.136. The Morgan fingerprint density at radius 1 is 1.35 bits per heavy atom. The summed E-state index contributed by atoms with van der Waals surface area (Å²) in [5, 5.41) is 2.30. The second kappa shape index (κ2) is 6.24. The van der Waals surface area contributed by atoms with Gasteiger partial charge in [0.1, 0.15) is 6.04 Å². The zero-order valence-corrected chi connectivity index (χ0v) is 12.9. The minimum atomic E-state index is -0.587. The number of benzene rings is 1. The number of carbonyl (C=O) groups is 3. The van der Waals surface area contributed by atoms with Crippen LogP contribution in [0.25, 0.3) is 6.08 Å². The average Bonchev–Trinajstić information content (AvgIpc) is 2.86. The van der Waals surface area contributed by atoms with Gasteiger partial charge in [0.05, 0.1) is 12.9 Å². The molecule has 1 fully saturated rings. The molecule has 1 unspecified atom stereocenters. The smallest absolute Gasteiger partial charge is 0.255 e. The van der Waals surface area contributed by atoms with E-state index in [-0.39, 0.29) is 18.2 Å². The number of piperidine rings is 1. The Kier molecular flexibility index (Phi) is 4.14. The first-order valence-corrected chi connectivity index (χ1v) is 7.66. The molecule has 2 heterocycles. The third-order valence-corrected chi connectivity index (χ3v) is 4.13. The highest BCUT2D eigenvalue weighted by Crippen LogP contribution is 2.30. The lowest BCUT2D eigenvalue weighted by Gasteiger charge is -2.29. The highest BCUT2D eigenvalue weighted by molar-refractivity contribution is 6.05. The summed E-state index contributed by atoms with van der Waals surface area (Å²) in [5.41, 5.74) is 2.39. The van der Waals surface area contributed by atoms with Gasteiger partial charge >= 0.3 is 0 Å². The molecule has 6 nitrogen and oxygen atoms in total. The second-order valence-corrected chi connectivity index (χ2v) is 5.53. The monoisotopic (exact) mass is 314 g/mol. The van der Waals surface area contributed by atoms with E-state index >= 15 is 0 Å². The molecule has 23 heavy (non-hydrogen) atoms. The molecule has 0 aromatic heterocycles. The normalized spacial score (nSPS) is 20.8. The highest BCUT2D eigenvalue weighted by atomic mass is 16.5. The van der Waals surface area contributed by atoms with Gasteiger partial charge in [0, 0.05) is 18.5 Å². The summed E-state index contributed by atoms with van der Waals surface area (Å²) in [4.78, 5) is 37.5. The lowest BCUT2D eigenvalue weighted by atomic mass is 10.0. The molecule has 0 bridgehead atoms. The molecule has 1 aromatic rings. The van der Waals surface area contributed by atoms with Crippen LogP contribution in [0.2, 0.25) is 0 Å². The number of carbonyl (C=O) groups excluding carboxylic acids is 3. The Bertz CT molecular complexity index is 696. The highest BCUT2D eigenvalue weighted by Gasteiger charge is 2.39. The summed E-state index contributed by atoms with van der Waals surface area (Å²) < 4.78 is 5.22. The standard InChI is InChI=1S/C17H18N2O4/c1-2-23-9-8-11-4-3-5-12-13(11)10-19(17(12)22)14-6-7-15(20)18-16(14)21/h3-5,8-9,14H,2,6-7,10H2,1H3,(H,18,20,21)/b9-8-. The number of imide groups is 1. The van der Waals surface area contributed by atoms with Crippen molar-refractivity contribution in [1.82, 2.24) is 10.2 Å². The topological polar surface area (TPSA) is 75.7 Å². The molecule has 3 rings (SSSR count). The van der Waals surface area contributed by atoms with E-state index in [0.717, 1.165) is 11.1 Å². The van der Waals surface area contributed by atoms with E-state index in [1.807, 2.05) is 25.1 Å². The fraction of sp³-hybridized carbons (Fsp3) is 0.353. The van der Waals surface area contributed by atoms with Gasteiger partial charge < -0.3 is 9.64 Å². The zero-order chi connectivity index (χ0) is 16.4. The van der Waals surface area contributed by atoms with Gasteiger partial charge in [0.25, 0.3) is 5.91 Å². The SMILES string of the molecule is CCO/C=C\c1cccc2c1CN(C1CCC(=O)NC1=O)C2=O. The summed E-state index contributed by atoms with van der Waals surface area (Å²) >= 11 is 0. The maximum Gasteiger partial charge on any atom is 0.255 e. The molecular weight excluding hydrogens is 296 g/mol. The second-order valence-electron chi connectivity index (χ2n) is 5.53. The van der Waals surface area contributed by atoms with E-state index in [4.69, 9.17) is 4.74 Å². The van der Waals surface area contributed by atoms with Crippen molar-refractivity contribution in [3.63, 3.8) is 0 Å². The first-order valence-electron chi connectivity index (χ1n) is 7.66. The van der Waals surface area contributed by atoms with E-state index in [1.165, 1.54) is 0 Å². The molecule has 0 aliphatic carbocycles. The number of rotatable bonds is 4. The van der Waals surface area contributed by atoms with Crippen LogP contribution in [0.3, 0.4) is 0 Å². The number of fused-ring (bicyclic) bond motifs is 1. The van der Waals surface area contributed by atoms with Crippen LogP contribution in [0, 0.1) is 0 Å².